The van der Waals surface area contributed by atoms with Crippen LogP contribution in [0.1, 0.15) is 36.4 Å². The van der Waals surface area contributed by atoms with E-state index in [9.17, 15) is 4.79 Å². The SMILES string of the molecule is COc1ccccc1CC1CCCN1CC(=O)NC1CCOc2ccccc21. The average Bonchev–Trinajstić information content (AvgIpc) is 3.15. The molecule has 28 heavy (non-hydrogen) atoms. The van der Waals surface area contributed by atoms with Crippen molar-refractivity contribution in [2.75, 3.05) is 26.8 Å². The predicted molar refractivity (Wildman–Crippen MR) is 109 cm³/mol. The Morgan fingerprint density at radius 2 is 2.00 bits per heavy atom. The zero-order valence-electron chi connectivity index (χ0n) is 16.4. The van der Waals surface area contributed by atoms with E-state index in [1.54, 1.807) is 7.11 Å². The van der Waals surface area contributed by atoms with E-state index in [4.69, 9.17) is 9.47 Å². The number of carbonyl (C=O) groups is 1. The van der Waals surface area contributed by atoms with Crippen LogP contribution < -0.4 is 14.8 Å². The summed E-state index contributed by atoms with van der Waals surface area (Å²) in [7, 11) is 1.71. The first-order chi connectivity index (χ1) is 13.7. The van der Waals surface area contributed by atoms with Gasteiger partial charge in [0.05, 0.1) is 26.3 Å². The number of para-hydroxylation sites is 2. The number of hydrogen-bond donors (Lipinski definition) is 1. The van der Waals surface area contributed by atoms with E-state index in [2.05, 4.69) is 16.3 Å². The smallest absolute Gasteiger partial charge is 0.234 e. The first kappa shape index (κ1) is 18.8. The highest BCUT2D eigenvalue weighted by Gasteiger charge is 2.29. The number of benzene rings is 2. The van der Waals surface area contributed by atoms with Crippen molar-refractivity contribution in [1.82, 2.24) is 10.2 Å². The molecule has 0 spiro atoms. The third kappa shape index (κ3) is 4.14. The summed E-state index contributed by atoms with van der Waals surface area (Å²) in [6, 6.07) is 16.6. The van der Waals surface area contributed by atoms with E-state index >= 15 is 0 Å². The Labute approximate surface area is 166 Å². The summed E-state index contributed by atoms with van der Waals surface area (Å²) in [5, 5.41) is 3.22. The van der Waals surface area contributed by atoms with E-state index < -0.39 is 0 Å². The summed E-state index contributed by atoms with van der Waals surface area (Å²) in [4.78, 5) is 15.1. The molecule has 1 saturated heterocycles. The second kappa shape index (κ2) is 8.65. The number of methoxy groups -OCH3 is 1. The van der Waals surface area contributed by atoms with Crippen LogP contribution in [0.25, 0.3) is 0 Å². The first-order valence-electron chi connectivity index (χ1n) is 10.1. The number of carbonyl (C=O) groups excluding carboxylic acids is 1. The zero-order chi connectivity index (χ0) is 19.3. The van der Waals surface area contributed by atoms with Gasteiger partial charge >= 0.3 is 0 Å². The molecule has 0 saturated carbocycles. The van der Waals surface area contributed by atoms with E-state index in [1.807, 2.05) is 42.5 Å². The lowest BCUT2D eigenvalue weighted by Gasteiger charge is -2.29. The molecule has 5 heteroatoms. The van der Waals surface area contributed by atoms with Crippen LogP contribution in [-0.4, -0.2) is 43.7 Å². The molecule has 2 unspecified atom stereocenters. The Bertz CT molecular complexity index is 823. The van der Waals surface area contributed by atoms with Gasteiger partial charge in [0.15, 0.2) is 0 Å². The predicted octanol–water partition coefficient (Wildman–Crippen LogP) is 3.34. The van der Waals surface area contributed by atoms with E-state index in [-0.39, 0.29) is 11.9 Å². The maximum atomic E-state index is 12.8. The Morgan fingerprint density at radius 1 is 1.18 bits per heavy atom. The van der Waals surface area contributed by atoms with Crippen LogP contribution in [0.3, 0.4) is 0 Å². The number of likely N-dealkylation sites (tertiary alicyclic amines) is 1. The van der Waals surface area contributed by atoms with Crippen molar-refractivity contribution >= 4 is 5.91 Å². The van der Waals surface area contributed by atoms with Crippen molar-refractivity contribution < 1.29 is 14.3 Å². The van der Waals surface area contributed by atoms with Gasteiger partial charge in [-0.05, 0) is 43.5 Å². The number of hydrogen-bond acceptors (Lipinski definition) is 4. The van der Waals surface area contributed by atoms with Gasteiger partial charge < -0.3 is 14.8 Å². The van der Waals surface area contributed by atoms with Gasteiger partial charge in [0, 0.05) is 18.0 Å². The summed E-state index contributed by atoms with van der Waals surface area (Å²) in [6.45, 7) is 2.05. The maximum absolute atomic E-state index is 12.8. The number of fused-ring (bicyclic) bond motifs is 1. The summed E-state index contributed by atoms with van der Waals surface area (Å²) < 4.78 is 11.2. The first-order valence-corrected chi connectivity index (χ1v) is 10.1. The molecule has 2 heterocycles. The molecule has 2 aliphatic rings. The van der Waals surface area contributed by atoms with Gasteiger partial charge in [-0.25, -0.2) is 0 Å². The van der Waals surface area contributed by atoms with Crippen LogP contribution in [0.2, 0.25) is 0 Å². The second-order valence-electron chi connectivity index (χ2n) is 7.58. The normalized spacial score (nSPS) is 21.6. The molecule has 2 aromatic carbocycles. The van der Waals surface area contributed by atoms with E-state index in [0.717, 1.165) is 49.3 Å². The van der Waals surface area contributed by atoms with Crippen molar-refractivity contribution in [2.45, 2.75) is 37.8 Å². The molecule has 0 aliphatic carbocycles. The minimum Gasteiger partial charge on any atom is -0.496 e. The quantitative estimate of drug-likeness (QED) is 0.835. The van der Waals surface area contributed by atoms with Gasteiger partial charge in [0.2, 0.25) is 5.91 Å². The molecule has 2 atom stereocenters. The summed E-state index contributed by atoms with van der Waals surface area (Å²) in [6.07, 6.45) is 3.98. The lowest BCUT2D eigenvalue weighted by atomic mass is 10.0. The minimum absolute atomic E-state index is 0.0349. The van der Waals surface area contributed by atoms with E-state index in [0.29, 0.717) is 19.2 Å². The topological polar surface area (TPSA) is 50.8 Å². The Balaban J connectivity index is 1.38. The van der Waals surface area contributed by atoms with Crippen LogP contribution in [0, 0.1) is 0 Å². The van der Waals surface area contributed by atoms with Gasteiger partial charge in [-0.1, -0.05) is 36.4 Å². The number of nitrogens with zero attached hydrogens (tertiary/aromatic N) is 1. The summed E-state index contributed by atoms with van der Waals surface area (Å²) in [5.41, 5.74) is 2.29. The second-order valence-corrected chi connectivity index (χ2v) is 7.58. The van der Waals surface area contributed by atoms with Gasteiger partial charge in [-0.3, -0.25) is 9.69 Å². The molecule has 2 aromatic rings. The van der Waals surface area contributed by atoms with Crippen LogP contribution in [0.15, 0.2) is 48.5 Å². The van der Waals surface area contributed by atoms with Crippen LogP contribution in [-0.2, 0) is 11.2 Å². The van der Waals surface area contributed by atoms with Gasteiger partial charge in [0.1, 0.15) is 11.5 Å². The average molecular weight is 380 g/mol. The zero-order valence-corrected chi connectivity index (χ0v) is 16.4. The molecule has 4 rings (SSSR count). The van der Waals surface area contributed by atoms with Gasteiger partial charge in [-0.15, -0.1) is 0 Å². The highest BCUT2D eigenvalue weighted by atomic mass is 16.5. The fourth-order valence-corrected chi connectivity index (χ4v) is 4.38. The Morgan fingerprint density at radius 3 is 2.89 bits per heavy atom. The molecule has 0 radical (unpaired) electrons. The van der Waals surface area contributed by atoms with Crippen molar-refractivity contribution in [3.63, 3.8) is 0 Å². The lowest BCUT2D eigenvalue weighted by Crippen LogP contribution is -2.42. The number of ether oxygens (including phenoxy) is 2. The standard InChI is InChI=1S/C23H28N2O3/c1-27-21-10-4-2-7-17(21)15-18-8-6-13-25(18)16-23(26)24-20-12-14-28-22-11-5-3-9-19(20)22/h2-5,7,9-11,18,20H,6,8,12-16H2,1H3,(H,24,26). The molecular formula is C23H28N2O3. The molecule has 2 aliphatic heterocycles. The van der Waals surface area contributed by atoms with Crippen LogP contribution >= 0.6 is 0 Å². The number of nitrogens with one attached hydrogen (secondary N) is 1. The van der Waals surface area contributed by atoms with Crippen molar-refractivity contribution in [3.8, 4) is 11.5 Å². The maximum Gasteiger partial charge on any atom is 0.234 e. The van der Waals surface area contributed by atoms with E-state index in [1.165, 1.54) is 5.56 Å². The number of amides is 1. The highest BCUT2D eigenvalue weighted by molar-refractivity contribution is 5.78. The molecule has 0 aromatic heterocycles. The van der Waals surface area contributed by atoms with Crippen molar-refractivity contribution in [3.05, 3.63) is 59.7 Å². The third-order valence-electron chi connectivity index (χ3n) is 5.79. The fraction of sp³-hybridized carbons (Fsp3) is 0.435. The monoisotopic (exact) mass is 380 g/mol. The van der Waals surface area contributed by atoms with Crippen molar-refractivity contribution in [2.24, 2.45) is 0 Å². The largest absolute Gasteiger partial charge is 0.496 e. The van der Waals surface area contributed by atoms with Crippen molar-refractivity contribution in [1.29, 1.82) is 0 Å². The molecular weight excluding hydrogens is 352 g/mol. The molecule has 5 nitrogen and oxygen atoms in total. The summed E-state index contributed by atoms with van der Waals surface area (Å²) in [5.74, 6) is 1.90. The van der Waals surface area contributed by atoms with Crippen LogP contribution in [0.5, 0.6) is 11.5 Å². The minimum atomic E-state index is 0.0349. The third-order valence-corrected chi connectivity index (χ3v) is 5.79. The number of rotatable bonds is 6. The molecule has 0 bridgehead atoms. The van der Waals surface area contributed by atoms with Gasteiger partial charge in [-0.2, -0.15) is 0 Å². The van der Waals surface area contributed by atoms with Gasteiger partial charge in [0.25, 0.3) is 0 Å². The fourth-order valence-electron chi connectivity index (χ4n) is 4.38. The summed E-state index contributed by atoms with van der Waals surface area (Å²) >= 11 is 0. The highest BCUT2D eigenvalue weighted by Crippen LogP contribution is 2.31. The molecule has 1 fully saturated rings. The Kier molecular flexibility index (Phi) is 5.81. The molecule has 1 amide bonds. The molecule has 148 valence electrons. The lowest BCUT2D eigenvalue weighted by molar-refractivity contribution is -0.123. The Hall–Kier alpha value is -2.53. The molecule has 1 N–H and O–H groups in total. The van der Waals surface area contributed by atoms with Crippen LogP contribution in [0.4, 0.5) is 0 Å².